The minimum atomic E-state index is -3.94. The molecule has 0 bridgehead atoms. The molecular formula is C12H15FN2O5S. The van der Waals surface area contributed by atoms with E-state index in [1.54, 1.807) is 6.92 Å². The van der Waals surface area contributed by atoms with Crippen molar-refractivity contribution in [1.82, 2.24) is 4.72 Å². The van der Waals surface area contributed by atoms with Crippen LogP contribution in [0.2, 0.25) is 0 Å². The Kier molecular flexibility index (Phi) is 5.94. The van der Waals surface area contributed by atoms with E-state index in [9.17, 15) is 22.9 Å². The van der Waals surface area contributed by atoms with Gasteiger partial charge in [0.1, 0.15) is 0 Å². The molecule has 0 saturated carbocycles. The quantitative estimate of drug-likeness (QED) is 0.340. The minimum Gasteiger partial charge on any atom is -0.376 e. The average Bonchev–Trinajstić information content (AvgIpc) is 2.37. The predicted octanol–water partition coefficient (Wildman–Crippen LogP) is 1.60. The summed E-state index contributed by atoms with van der Waals surface area (Å²) in [5.41, 5.74) is 0.0223. The standard InChI is InChI=1S/C12H15FN2O5S/c1-9(2)8-20-6-5-14-21(18,19)10-3-4-12(15(16)17)11(13)7-10/h3-4,7,14H,1,5-6,8H2,2H3. The maximum absolute atomic E-state index is 13.4. The van der Waals surface area contributed by atoms with Crippen LogP contribution in [-0.4, -0.2) is 33.1 Å². The summed E-state index contributed by atoms with van der Waals surface area (Å²) < 4.78 is 44.4. The maximum atomic E-state index is 13.4. The van der Waals surface area contributed by atoms with Crippen molar-refractivity contribution in [1.29, 1.82) is 0 Å². The normalized spacial score (nSPS) is 11.3. The first-order valence-corrected chi connectivity index (χ1v) is 7.38. The molecule has 116 valence electrons. The highest BCUT2D eigenvalue weighted by Gasteiger charge is 2.20. The fourth-order valence-corrected chi connectivity index (χ4v) is 2.41. The molecule has 0 atom stereocenters. The number of ether oxygens (including phenoxy) is 1. The number of nitrogens with one attached hydrogen (secondary N) is 1. The highest BCUT2D eigenvalue weighted by atomic mass is 32.2. The molecule has 0 spiro atoms. The van der Waals surface area contributed by atoms with Crippen LogP contribution in [-0.2, 0) is 14.8 Å². The van der Waals surface area contributed by atoms with Crippen molar-refractivity contribution in [3.8, 4) is 0 Å². The summed E-state index contributed by atoms with van der Waals surface area (Å²) in [6.07, 6.45) is 0. The highest BCUT2D eigenvalue weighted by Crippen LogP contribution is 2.20. The largest absolute Gasteiger partial charge is 0.376 e. The second-order valence-corrected chi connectivity index (χ2v) is 6.04. The van der Waals surface area contributed by atoms with E-state index < -0.39 is 26.5 Å². The van der Waals surface area contributed by atoms with Gasteiger partial charge >= 0.3 is 5.69 Å². The monoisotopic (exact) mass is 318 g/mol. The van der Waals surface area contributed by atoms with Gasteiger partial charge in [0.15, 0.2) is 0 Å². The molecule has 1 aromatic carbocycles. The third kappa shape index (κ3) is 5.21. The van der Waals surface area contributed by atoms with Crippen LogP contribution in [0.25, 0.3) is 0 Å². The van der Waals surface area contributed by atoms with Gasteiger partial charge in [-0.2, -0.15) is 4.39 Å². The van der Waals surface area contributed by atoms with E-state index in [4.69, 9.17) is 4.74 Å². The SMILES string of the molecule is C=C(C)COCCNS(=O)(=O)c1ccc([N+](=O)[O-])c(F)c1. The van der Waals surface area contributed by atoms with Gasteiger partial charge in [0, 0.05) is 18.7 Å². The lowest BCUT2D eigenvalue weighted by atomic mass is 10.3. The number of nitro groups is 1. The van der Waals surface area contributed by atoms with E-state index >= 15 is 0 Å². The van der Waals surface area contributed by atoms with Gasteiger partial charge in [0.05, 0.1) is 23.0 Å². The number of hydrogen-bond acceptors (Lipinski definition) is 5. The van der Waals surface area contributed by atoms with E-state index in [1.807, 2.05) is 0 Å². The van der Waals surface area contributed by atoms with E-state index in [0.717, 1.165) is 17.7 Å². The Hall–Kier alpha value is -1.84. The second kappa shape index (κ2) is 7.25. The molecule has 21 heavy (non-hydrogen) atoms. The van der Waals surface area contributed by atoms with Crippen LogP contribution in [0.15, 0.2) is 35.2 Å². The number of rotatable bonds is 8. The van der Waals surface area contributed by atoms with Crippen LogP contribution < -0.4 is 4.72 Å². The lowest BCUT2D eigenvalue weighted by molar-refractivity contribution is -0.387. The van der Waals surface area contributed by atoms with E-state index in [-0.39, 0.29) is 18.0 Å². The molecule has 0 heterocycles. The molecule has 0 aliphatic carbocycles. The average molecular weight is 318 g/mol. The number of nitro benzene ring substituents is 1. The van der Waals surface area contributed by atoms with Crippen LogP contribution in [0.3, 0.4) is 0 Å². The maximum Gasteiger partial charge on any atom is 0.304 e. The van der Waals surface area contributed by atoms with Crippen molar-refractivity contribution >= 4 is 15.7 Å². The molecule has 0 saturated heterocycles. The predicted molar refractivity (Wildman–Crippen MR) is 73.9 cm³/mol. The van der Waals surface area contributed by atoms with Crippen LogP contribution in [0.4, 0.5) is 10.1 Å². The van der Waals surface area contributed by atoms with Crippen LogP contribution in [0.5, 0.6) is 0 Å². The fraction of sp³-hybridized carbons (Fsp3) is 0.333. The minimum absolute atomic E-state index is 0.00573. The summed E-state index contributed by atoms with van der Waals surface area (Å²) >= 11 is 0. The smallest absolute Gasteiger partial charge is 0.304 e. The third-order valence-electron chi connectivity index (χ3n) is 2.31. The van der Waals surface area contributed by atoms with Crippen molar-refractivity contribution in [3.63, 3.8) is 0 Å². The first-order valence-electron chi connectivity index (χ1n) is 5.90. The Balaban J connectivity index is 2.68. The van der Waals surface area contributed by atoms with E-state index in [0.29, 0.717) is 12.7 Å². The zero-order valence-corrected chi connectivity index (χ0v) is 12.2. The summed E-state index contributed by atoms with van der Waals surface area (Å²) in [5, 5.41) is 10.5. The molecule has 1 aromatic rings. The number of halogens is 1. The van der Waals surface area contributed by atoms with Crippen LogP contribution in [0, 0.1) is 15.9 Å². The summed E-state index contributed by atoms with van der Waals surface area (Å²) in [4.78, 5) is 9.15. The summed E-state index contributed by atoms with van der Waals surface area (Å²) in [5.74, 6) is -1.21. The molecule has 1 N–H and O–H groups in total. The molecule has 0 aromatic heterocycles. The van der Waals surface area contributed by atoms with Gasteiger partial charge in [-0.1, -0.05) is 12.2 Å². The zero-order valence-electron chi connectivity index (χ0n) is 11.3. The Morgan fingerprint density at radius 1 is 1.52 bits per heavy atom. The Morgan fingerprint density at radius 2 is 2.19 bits per heavy atom. The lowest BCUT2D eigenvalue weighted by Gasteiger charge is -2.07. The first kappa shape index (κ1) is 17.2. The molecule has 0 amide bonds. The summed E-state index contributed by atoms with van der Waals surface area (Å²) in [7, 11) is -3.94. The first-order chi connectivity index (χ1) is 9.74. The Morgan fingerprint density at radius 3 is 2.71 bits per heavy atom. The lowest BCUT2D eigenvalue weighted by Crippen LogP contribution is -2.27. The number of sulfonamides is 1. The van der Waals surface area contributed by atoms with Gasteiger partial charge in [0.2, 0.25) is 15.8 Å². The number of nitrogens with zero attached hydrogens (tertiary/aromatic N) is 1. The van der Waals surface area contributed by atoms with Crippen molar-refractivity contribution in [3.05, 3.63) is 46.3 Å². The molecule has 0 unspecified atom stereocenters. The van der Waals surface area contributed by atoms with Crippen molar-refractivity contribution < 1.29 is 22.5 Å². The van der Waals surface area contributed by atoms with Crippen molar-refractivity contribution in [2.75, 3.05) is 19.8 Å². The van der Waals surface area contributed by atoms with Gasteiger partial charge in [0.25, 0.3) is 0 Å². The summed E-state index contributed by atoms with van der Waals surface area (Å²) in [6, 6.07) is 2.38. The Bertz CT molecular complexity index is 645. The molecular weight excluding hydrogens is 303 g/mol. The van der Waals surface area contributed by atoms with Gasteiger partial charge < -0.3 is 4.74 Å². The molecule has 7 nitrogen and oxygen atoms in total. The van der Waals surface area contributed by atoms with Gasteiger partial charge in [-0.3, -0.25) is 10.1 Å². The number of benzene rings is 1. The zero-order chi connectivity index (χ0) is 16.0. The highest BCUT2D eigenvalue weighted by molar-refractivity contribution is 7.89. The molecule has 9 heteroatoms. The number of hydrogen-bond donors (Lipinski definition) is 1. The van der Waals surface area contributed by atoms with Gasteiger partial charge in [-0.05, 0) is 13.0 Å². The molecule has 0 fully saturated rings. The van der Waals surface area contributed by atoms with Gasteiger partial charge in [-0.15, -0.1) is 0 Å². The van der Waals surface area contributed by atoms with E-state index in [1.165, 1.54) is 0 Å². The molecule has 0 aliphatic heterocycles. The van der Waals surface area contributed by atoms with Crippen LogP contribution in [0.1, 0.15) is 6.92 Å². The second-order valence-electron chi connectivity index (χ2n) is 4.28. The van der Waals surface area contributed by atoms with Gasteiger partial charge in [-0.25, -0.2) is 13.1 Å². The molecule has 0 radical (unpaired) electrons. The summed E-state index contributed by atoms with van der Waals surface area (Å²) in [6.45, 7) is 5.82. The third-order valence-corrected chi connectivity index (χ3v) is 3.77. The van der Waals surface area contributed by atoms with Crippen molar-refractivity contribution in [2.24, 2.45) is 0 Å². The molecule has 1 rings (SSSR count). The van der Waals surface area contributed by atoms with Crippen LogP contribution >= 0.6 is 0 Å². The van der Waals surface area contributed by atoms with E-state index in [2.05, 4.69) is 11.3 Å². The topological polar surface area (TPSA) is 98.5 Å². The fourth-order valence-electron chi connectivity index (χ4n) is 1.38. The van der Waals surface area contributed by atoms with Crippen molar-refractivity contribution in [2.45, 2.75) is 11.8 Å². The molecule has 0 aliphatic rings. The Labute approximate surface area is 121 Å².